The summed E-state index contributed by atoms with van der Waals surface area (Å²) in [6, 6.07) is 0.466. The van der Waals surface area contributed by atoms with Gasteiger partial charge in [0, 0.05) is 25.7 Å². The fourth-order valence-electron chi connectivity index (χ4n) is 3.38. The van der Waals surface area contributed by atoms with Crippen LogP contribution in [-0.2, 0) is 0 Å². The third-order valence-electron chi connectivity index (χ3n) is 4.32. The van der Waals surface area contributed by atoms with Crippen LogP contribution in [0.2, 0.25) is 0 Å². The van der Waals surface area contributed by atoms with Gasteiger partial charge in [-0.1, -0.05) is 6.42 Å². The fourth-order valence-corrected chi connectivity index (χ4v) is 3.38. The molecule has 3 heteroatoms. The van der Waals surface area contributed by atoms with Crippen LogP contribution in [-0.4, -0.2) is 56.1 Å². The van der Waals surface area contributed by atoms with E-state index in [0.29, 0.717) is 6.04 Å². The van der Waals surface area contributed by atoms with E-state index in [1.165, 1.54) is 51.9 Å². The second-order valence-electron chi connectivity index (χ2n) is 5.99. The molecule has 2 aliphatic rings. The molecule has 0 aromatic heterocycles. The average molecular weight is 225 g/mol. The van der Waals surface area contributed by atoms with E-state index in [-0.39, 0.29) is 0 Å². The minimum atomic E-state index is 0.466. The largest absolute Gasteiger partial charge is 0.327 e. The molecule has 2 rings (SSSR count). The molecular formula is C13H27N3. The zero-order valence-electron chi connectivity index (χ0n) is 10.9. The molecule has 3 atom stereocenters. The number of rotatable bonds is 4. The van der Waals surface area contributed by atoms with E-state index in [4.69, 9.17) is 5.73 Å². The van der Waals surface area contributed by atoms with E-state index in [2.05, 4.69) is 23.9 Å². The Kier molecular flexibility index (Phi) is 4.22. The van der Waals surface area contributed by atoms with Crippen molar-refractivity contribution in [2.24, 2.45) is 17.6 Å². The van der Waals surface area contributed by atoms with Crippen molar-refractivity contribution < 1.29 is 0 Å². The summed E-state index contributed by atoms with van der Waals surface area (Å²) in [5.41, 5.74) is 6.12. The molecule has 2 fully saturated rings. The highest BCUT2D eigenvalue weighted by atomic mass is 15.1. The number of hydrogen-bond donors (Lipinski definition) is 1. The Hall–Kier alpha value is -0.120. The predicted molar refractivity (Wildman–Crippen MR) is 68.4 cm³/mol. The van der Waals surface area contributed by atoms with Crippen LogP contribution in [0.3, 0.4) is 0 Å². The molecule has 0 spiro atoms. The topological polar surface area (TPSA) is 32.5 Å². The average Bonchev–Trinajstić information content (AvgIpc) is 2.77. The summed E-state index contributed by atoms with van der Waals surface area (Å²) in [6.07, 6.45) is 5.30. The molecule has 94 valence electrons. The second kappa shape index (κ2) is 5.48. The van der Waals surface area contributed by atoms with E-state index in [1.807, 2.05) is 0 Å². The van der Waals surface area contributed by atoms with Gasteiger partial charge in [0.1, 0.15) is 0 Å². The van der Waals surface area contributed by atoms with Crippen LogP contribution in [0.1, 0.15) is 25.7 Å². The molecule has 0 aromatic rings. The molecule has 2 N–H and O–H groups in total. The zero-order chi connectivity index (χ0) is 11.5. The van der Waals surface area contributed by atoms with E-state index >= 15 is 0 Å². The highest BCUT2D eigenvalue weighted by Crippen LogP contribution is 2.25. The van der Waals surface area contributed by atoms with Crippen LogP contribution in [0.4, 0.5) is 0 Å². The van der Waals surface area contributed by atoms with Crippen LogP contribution in [0, 0.1) is 11.8 Å². The maximum Gasteiger partial charge on any atom is 0.00793 e. The number of nitrogens with zero attached hydrogens (tertiary/aromatic N) is 2. The van der Waals surface area contributed by atoms with Gasteiger partial charge in [-0.25, -0.2) is 0 Å². The summed E-state index contributed by atoms with van der Waals surface area (Å²) in [4.78, 5) is 4.96. The lowest BCUT2D eigenvalue weighted by Gasteiger charge is -2.26. The van der Waals surface area contributed by atoms with Gasteiger partial charge in [-0.15, -0.1) is 0 Å². The van der Waals surface area contributed by atoms with Crippen molar-refractivity contribution in [1.82, 2.24) is 9.80 Å². The third-order valence-corrected chi connectivity index (χ3v) is 4.32. The quantitative estimate of drug-likeness (QED) is 0.775. The first-order valence-electron chi connectivity index (χ1n) is 6.78. The minimum absolute atomic E-state index is 0.466. The van der Waals surface area contributed by atoms with Gasteiger partial charge >= 0.3 is 0 Å². The Balaban J connectivity index is 1.69. The summed E-state index contributed by atoms with van der Waals surface area (Å²) in [6.45, 7) is 5.03. The van der Waals surface area contributed by atoms with Crippen molar-refractivity contribution in [3.63, 3.8) is 0 Å². The molecule has 1 heterocycles. The molecule has 0 amide bonds. The number of hydrogen-bond acceptors (Lipinski definition) is 3. The lowest BCUT2D eigenvalue weighted by atomic mass is 10.0. The van der Waals surface area contributed by atoms with E-state index in [9.17, 15) is 0 Å². The van der Waals surface area contributed by atoms with Crippen LogP contribution < -0.4 is 5.73 Å². The highest BCUT2D eigenvalue weighted by Gasteiger charge is 2.26. The highest BCUT2D eigenvalue weighted by molar-refractivity contribution is 4.83. The van der Waals surface area contributed by atoms with Crippen molar-refractivity contribution >= 4 is 0 Å². The predicted octanol–water partition coefficient (Wildman–Crippen LogP) is 0.997. The van der Waals surface area contributed by atoms with Gasteiger partial charge in [0.25, 0.3) is 0 Å². The summed E-state index contributed by atoms with van der Waals surface area (Å²) < 4.78 is 0. The molecule has 1 saturated heterocycles. The smallest absolute Gasteiger partial charge is 0.00793 e. The second-order valence-corrected chi connectivity index (χ2v) is 5.99. The first-order valence-corrected chi connectivity index (χ1v) is 6.78. The first-order chi connectivity index (χ1) is 7.65. The summed E-state index contributed by atoms with van der Waals surface area (Å²) >= 11 is 0. The van der Waals surface area contributed by atoms with E-state index in [0.717, 1.165) is 11.8 Å². The first kappa shape index (κ1) is 12.3. The molecule has 0 aromatic carbocycles. The standard InChI is InChI=1S/C13H27N3/c1-15-7-6-11(8-15)9-16(2)10-12-4-3-5-13(12)14/h11-13H,3-10,14H2,1-2H3. The molecule has 1 aliphatic carbocycles. The van der Waals surface area contributed by atoms with Gasteiger partial charge in [-0.2, -0.15) is 0 Å². The van der Waals surface area contributed by atoms with Gasteiger partial charge in [0.2, 0.25) is 0 Å². The van der Waals surface area contributed by atoms with Crippen LogP contribution in [0.5, 0.6) is 0 Å². The monoisotopic (exact) mass is 225 g/mol. The van der Waals surface area contributed by atoms with Gasteiger partial charge in [0.05, 0.1) is 0 Å². The molecule has 1 aliphatic heterocycles. The molecule has 16 heavy (non-hydrogen) atoms. The molecule has 0 radical (unpaired) electrons. The molecular weight excluding hydrogens is 198 g/mol. The number of likely N-dealkylation sites (tertiary alicyclic amines) is 1. The summed E-state index contributed by atoms with van der Waals surface area (Å²) in [5, 5.41) is 0. The maximum absolute atomic E-state index is 6.12. The zero-order valence-corrected chi connectivity index (χ0v) is 10.9. The van der Waals surface area contributed by atoms with Crippen molar-refractivity contribution in [2.75, 3.05) is 40.3 Å². The van der Waals surface area contributed by atoms with Gasteiger partial charge in [-0.3, -0.25) is 0 Å². The lowest BCUT2D eigenvalue weighted by Crippen LogP contribution is -2.36. The van der Waals surface area contributed by atoms with Crippen molar-refractivity contribution in [3.8, 4) is 0 Å². The fraction of sp³-hybridized carbons (Fsp3) is 1.00. The van der Waals surface area contributed by atoms with Crippen LogP contribution in [0.15, 0.2) is 0 Å². The van der Waals surface area contributed by atoms with Gasteiger partial charge < -0.3 is 15.5 Å². The minimum Gasteiger partial charge on any atom is -0.327 e. The van der Waals surface area contributed by atoms with E-state index < -0.39 is 0 Å². The molecule has 1 saturated carbocycles. The molecule has 3 nitrogen and oxygen atoms in total. The Morgan fingerprint density at radius 2 is 2.06 bits per heavy atom. The van der Waals surface area contributed by atoms with Crippen molar-refractivity contribution in [1.29, 1.82) is 0 Å². The third kappa shape index (κ3) is 3.19. The SMILES string of the molecule is CN1CCC(CN(C)CC2CCCC2N)C1. The van der Waals surface area contributed by atoms with Crippen molar-refractivity contribution in [3.05, 3.63) is 0 Å². The Labute approximate surface area is 100.0 Å². The Morgan fingerprint density at radius 3 is 2.62 bits per heavy atom. The summed E-state index contributed by atoms with van der Waals surface area (Å²) in [5.74, 6) is 1.64. The maximum atomic E-state index is 6.12. The van der Waals surface area contributed by atoms with E-state index in [1.54, 1.807) is 0 Å². The van der Waals surface area contributed by atoms with Gasteiger partial charge in [0.15, 0.2) is 0 Å². The van der Waals surface area contributed by atoms with Gasteiger partial charge in [-0.05, 0) is 51.7 Å². The van der Waals surface area contributed by atoms with Crippen molar-refractivity contribution in [2.45, 2.75) is 31.7 Å². The molecule has 3 unspecified atom stereocenters. The summed E-state index contributed by atoms with van der Waals surface area (Å²) in [7, 11) is 4.50. The van der Waals surface area contributed by atoms with Crippen LogP contribution >= 0.6 is 0 Å². The van der Waals surface area contributed by atoms with Crippen LogP contribution in [0.25, 0.3) is 0 Å². The normalized spacial score (nSPS) is 36.4. The Morgan fingerprint density at radius 1 is 1.25 bits per heavy atom. The molecule has 0 bridgehead atoms. The lowest BCUT2D eigenvalue weighted by molar-refractivity contribution is 0.230. The Bertz CT molecular complexity index is 219. The number of nitrogens with two attached hydrogens (primary N) is 1.